The van der Waals surface area contributed by atoms with Gasteiger partial charge in [-0.2, -0.15) is 0 Å². The third-order valence-electron chi connectivity index (χ3n) is 2.46. The second-order valence-electron chi connectivity index (χ2n) is 3.72. The van der Waals surface area contributed by atoms with Crippen molar-refractivity contribution in [3.05, 3.63) is 29.6 Å². The molecule has 0 fully saturated rings. The fraction of sp³-hybridized carbons (Fsp3) is 0.333. The highest BCUT2D eigenvalue weighted by atomic mass is 19.1. The van der Waals surface area contributed by atoms with Crippen LogP contribution in [0.2, 0.25) is 0 Å². The summed E-state index contributed by atoms with van der Waals surface area (Å²) in [4.78, 5) is 8.30. The summed E-state index contributed by atoms with van der Waals surface area (Å²) in [6, 6.07) is 1.78. The van der Waals surface area contributed by atoms with Crippen molar-refractivity contribution in [2.24, 2.45) is 0 Å². The summed E-state index contributed by atoms with van der Waals surface area (Å²) in [6.45, 7) is 5.94. The van der Waals surface area contributed by atoms with Crippen molar-refractivity contribution in [1.82, 2.24) is 9.97 Å². The quantitative estimate of drug-likeness (QED) is 0.888. The first-order valence-electron chi connectivity index (χ1n) is 5.46. The van der Waals surface area contributed by atoms with Gasteiger partial charge in [-0.1, -0.05) is 0 Å². The largest absolute Gasteiger partial charge is 0.469 e. The molecule has 0 aliphatic rings. The highest BCUT2D eigenvalue weighted by Gasteiger charge is 2.14. The van der Waals surface area contributed by atoms with Gasteiger partial charge in [0.1, 0.15) is 5.76 Å². The van der Waals surface area contributed by atoms with Crippen molar-refractivity contribution < 1.29 is 8.81 Å². The zero-order chi connectivity index (χ0) is 12.4. The zero-order valence-electron chi connectivity index (χ0n) is 10.0. The van der Waals surface area contributed by atoms with Crippen molar-refractivity contribution in [3.8, 4) is 11.4 Å². The topological polar surface area (TPSA) is 51.0 Å². The Labute approximate surface area is 98.9 Å². The lowest BCUT2D eigenvalue weighted by Crippen LogP contribution is -2.06. The van der Waals surface area contributed by atoms with Crippen LogP contribution in [0.3, 0.4) is 0 Å². The molecule has 17 heavy (non-hydrogen) atoms. The highest BCUT2D eigenvalue weighted by Crippen LogP contribution is 2.24. The number of anilines is 1. The van der Waals surface area contributed by atoms with E-state index in [-0.39, 0.29) is 5.82 Å². The molecule has 0 spiro atoms. The van der Waals surface area contributed by atoms with Gasteiger partial charge >= 0.3 is 0 Å². The summed E-state index contributed by atoms with van der Waals surface area (Å²) in [5.74, 6) is 1.02. The third-order valence-corrected chi connectivity index (χ3v) is 2.46. The Hall–Kier alpha value is -1.91. The van der Waals surface area contributed by atoms with Gasteiger partial charge in [-0.05, 0) is 26.8 Å². The molecule has 0 amide bonds. The molecule has 90 valence electrons. The number of aromatic nitrogens is 2. The molecule has 0 radical (unpaired) electrons. The van der Waals surface area contributed by atoms with Gasteiger partial charge in [-0.3, -0.25) is 0 Å². The molecule has 0 saturated carbocycles. The second kappa shape index (κ2) is 4.53. The van der Waals surface area contributed by atoms with Crippen LogP contribution in [0.5, 0.6) is 0 Å². The number of nitrogens with one attached hydrogen (secondary N) is 1. The Bertz CT molecular complexity index is 537. The minimum absolute atomic E-state index is 0.232. The van der Waals surface area contributed by atoms with Crippen molar-refractivity contribution >= 4 is 5.82 Å². The lowest BCUT2D eigenvalue weighted by Gasteiger charge is -2.08. The Kier molecular flexibility index (Phi) is 3.08. The number of hydrogen-bond donors (Lipinski definition) is 1. The lowest BCUT2D eigenvalue weighted by atomic mass is 10.2. The van der Waals surface area contributed by atoms with Crippen LogP contribution in [0.15, 0.2) is 16.7 Å². The molecular weight excluding hydrogens is 221 g/mol. The second-order valence-corrected chi connectivity index (χ2v) is 3.72. The van der Waals surface area contributed by atoms with E-state index in [9.17, 15) is 4.39 Å². The van der Waals surface area contributed by atoms with Gasteiger partial charge in [0.15, 0.2) is 17.5 Å². The summed E-state index contributed by atoms with van der Waals surface area (Å²) < 4.78 is 18.9. The Morgan fingerprint density at radius 2 is 2.12 bits per heavy atom. The molecule has 4 nitrogen and oxygen atoms in total. The Morgan fingerprint density at radius 3 is 2.71 bits per heavy atom. The van der Waals surface area contributed by atoms with E-state index in [0.717, 1.165) is 11.3 Å². The van der Waals surface area contributed by atoms with E-state index in [1.165, 1.54) is 0 Å². The lowest BCUT2D eigenvalue weighted by molar-refractivity contribution is 0.535. The van der Waals surface area contributed by atoms with Gasteiger partial charge in [0.2, 0.25) is 0 Å². The zero-order valence-corrected chi connectivity index (χ0v) is 10.0. The van der Waals surface area contributed by atoms with Gasteiger partial charge in [0.05, 0.1) is 17.5 Å². The van der Waals surface area contributed by atoms with E-state index in [2.05, 4.69) is 15.3 Å². The maximum absolute atomic E-state index is 13.7. The van der Waals surface area contributed by atoms with Crippen LogP contribution < -0.4 is 5.32 Å². The monoisotopic (exact) mass is 235 g/mol. The molecule has 0 saturated heterocycles. The summed E-state index contributed by atoms with van der Waals surface area (Å²) in [7, 11) is 0. The van der Waals surface area contributed by atoms with Gasteiger partial charge in [0, 0.05) is 6.54 Å². The molecule has 0 bridgehead atoms. The minimum atomic E-state index is -0.406. The maximum atomic E-state index is 13.7. The number of halogens is 1. The molecule has 0 unspecified atom stereocenters. The van der Waals surface area contributed by atoms with Crippen molar-refractivity contribution in [2.45, 2.75) is 20.8 Å². The summed E-state index contributed by atoms with van der Waals surface area (Å²) >= 11 is 0. The first-order chi connectivity index (χ1) is 8.13. The molecule has 2 heterocycles. The molecule has 0 aromatic carbocycles. The average molecular weight is 235 g/mol. The number of furan rings is 1. The fourth-order valence-electron chi connectivity index (χ4n) is 1.58. The first kappa shape index (κ1) is 11.6. The number of aryl methyl sites for hydroxylation is 2. The summed E-state index contributed by atoms with van der Waals surface area (Å²) in [5, 5.41) is 2.88. The van der Waals surface area contributed by atoms with Crippen LogP contribution >= 0.6 is 0 Å². The summed E-state index contributed by atoms with van der Waals surface area (Å²) in [6.07, 6.45) is 1.57. The molecule has 0 aliphatic carbocycles. The van der Waals surface area contributed by atoms with Crippen LogP contribution in [0.25, 0.3) is 11.4 Å². The molecule has 5 heteroatoms. The minimum Gasteiger partial charge on any atom is -0.469 e. The van der Waals surface area contributed by atoms with Gasteiger partial charge in [0.25, 0.3) is 0 Å². The SMILES string of the molecule is CCNc1nc(-c2ccoc2C)nc(C)c1F. The molecule has 2 aromatic rings. The number of hydrogen-bond acceptors (Lipinski definition) is 4. The van der Waals surface area contributed by atoms with Gasteiger partial charge in [-0.15, -0.1) is 0 Å². The van der Waals surface area contributed by atoms with E-state index >= 15 is 0 Å². The summed E-state index contributed by atoms with van der Waals surface area (Å²) in [5.41, 5.74) is 1.11. The van der Waals surface area contributed by atoms with Gasteiger partial charge in [-0.25, -0.2) is 14.4 Å². The molecule has 1 N–H and O–H groups in total. The fourth-order valence-corrected chi connectivity index (χ4v) is 1.58. The first-order valence-corrected chi connectivity index (χ1v) is 5.46. The highest BCUT2D eigenvalue weighted by molar-refractivity contribution is 5.59. The van der Waals surface area contributed by atoms with Crippen LogP contribution in [0, 0.1) is 19.7 Å². The Balaban J connectivity index is 2.53. The van der Waals surface area contributed by atoms with E-state index in [1.807, 2.05) is 13.8 Å². The molecular formula is C12H14FN3O. The molecule has 0 aliphatic heterocycles. The van der Waals surface area contributed by atoms with Crippen molar-refractivity contribution in [2.75, 3.05) is 11.9 Å². The van der Waals surface area contributed by atoms with Crippen LogP contribution in [-0.2, 0) is 0 Å². The maximum Gasteiger partial charge on any atom is 0.186 e. The van der Waals surface area contributed by atoms with E-state index in [0.29, 0.717) is 18.1 Å². The van der Waals surface area contributed by atoms with Crippen LogP contribution in [-0.4, -0.2) is 16.5 Å². The van der Waals surface area contributed by atoms with Crippen LogP contribution in [0.4, 0.5) is 10.2 Å². The molecule has 0 atom stereocenters. The van der Waals surface area contributed by atoms with E-state index in [4.69, 9.17) is 4.42 Å². The normalized spacial score (nSPS) is 10.6. The molecule has 2 aromatic heterocycles. The predicted molar refractivity (Wildman–Crippen MR) is 63.3 cm³/mol. The third kappa shape index (κ3) is 2.13. The standard InChI is InChI=1S/C12H14FN3O/c1-4-14-12-10(13)7(2)15-11(16-12)9-5-6-17-8(9)3/h5-6H,4H2,1-3H3,(H,14,15,16). The average Bonchev–Trinajstić information content (AvgIpc) is 2.71. The van der Waals surface area contributed by atoms with E-state index in [1.54, 1.807) is 19.3 Å². The number of nitrogens with zero attached hydrogens (tertiary/aromatic N) is 2. The Morgan fingerprint density at radius 1 is 1.35 bits per heavy atom. The van der Waals surface area contributed by atoms with Crippen molar-refractivity contribution in [1.29, 1.82) is 0 Å². The van der Waals surface area contributed by atoms with Gasteiger partial charge < -0.3 is 9.73 Å². The molecule has 2 rings (SSSR count). The van der Waals surface area contributed by atoms with Crippen molar-refractivity contribution in [3.63, 3.8) is 0 Å². The number of rotatable bonds is 3. The predicted octanol–water partition coefficient (Wildman–Crippen LogP) is 2.92. The smallest absolute Gasteiger partial charge is 0.186 e. The van der Waals surface area contributed by atoms with Crippen LogP contribution in [0.1, 0.15) is 18.4 Å². The van der Waals surface area contributed by atoms with E-state index < -0.39 is 5.82 Å².